The Hall–Kier alpha value is -1.60. The van der Waals surface area contributed by atoms with Crippen LogP contribution in [0, 0.1) is 5.41 Å². The Morgan fingerprint density at radius 2 is 1.95 bits per heavy atom. The first-order chi connectivity index (χ1) is 9.75. The van der Waals surface area contributed by atoms with E-state index in [0.29, 0.717) is 11.0 Å². The largest absolute Gasteiger partial charge is 0.323 e. The first kappa shape index (κ1) is 14.3. The molecule has 1 aromatic carbocycles. The van der Waals surface area contributed by atoms with Crippen molar-refractivity contribution in [3.8, 4) is 0 Å². The molecule has 0 radical (unpaired) electrons. The molecule has 1 unspecified atom stereocenters. The van der Waals surface area contributed by atoms with Gasteiger partial charge in [-0.25, -0.2) is 17.9 Å². The molecule has 1 aliphatic carbocycles. The van der Waals surface area contributed by atoms with Crippen LogP contribution in [0.15, 0.2) is 27.9 Å². The number of rotatable bonds is 3. The van der Waals surface area contributed by atoms with Crippen molar-refractivity contribution in [2.24, 2.45) is 5.41 Å². The smallest absolute Gasteiger partial charge is 0.306 e. The molecule has 3 N–H and O–H groups in total. The van der Waals surface area contributed by atoms with E-state index in [1.165, 1.54) is 12.1 Å². The highest BCUT2D eigenvalue weighted by molar-refractivity contribution is 7.89. The number of fused-ring (bicyclic) bond motifs is 1. The summed E-state index contributed by atoms with van der Waals surface area (Å²) in [5, 5.41) is 0. The highest BCUT2D eigenvalue weighted by Gasteiger charge is 2.33. The van der Waals surface area contributed by atoms with Gasteiger partial charge in [0.15, 0.2) is 0 Å². The van der Waals surface area contributed by atoms with Crippen LogP contribution in [0.5, 0.6) is 0 Å². The maximum absolute atomic E-state index is 12.4. The van der Waals surface area contributed by atoms with Crippen LogP contribution in [0.3, 0.4) is 0 Å². The van der Waals surface area contributed by atoms with Gasteiger partial charge in [0.1, 0.15) is 0 Å². The molecule has 0 aliphatic heterocycles. The standard InChI is InChI=1S/C14H19N3O3S/c1-14(2)6-5-9(8-14)17-21(19,20)10-3-4-11-12(7-10)16-13(18)15-11/h3-4,7,9,17H,5-6,8H2,1-2H3,(H2,15,16,18). The van der Waals surface area contributed by atoms with E-state index in [4.69, 9.17) is 0 Å². The molecule has 114 valence electrons. The van der Waals surface area contributed by atoms with Gasteiger partial charge in [0.2, 0.25) is 10.0 Å². The SMILES string of the molecule is CC1(C)CCC(NS(=O)(=O)c2ccc3[nH]c(=O)[nH]c3c2)C1. The van der Waals surface area contributed by atoms with Crippen LogP contribution in [0.25, 0.3) is 11.0 Å². The second kappa shape index (κ2) is 4.71. The van der Waals surface area contributed by atoms with E-state index >= 15 is 0 Å². The average molecular weight is 309 g/mol. The fourth-order valence-corrected chi connectivity index (χ4v) is 4.30. The van der Waals surface area contributed by atoms with Crippen molar-refractivity contribution < 1.29 is 8.42 Å². The molecule has 1 saturated carbocycles. The third-order valence-corrected chi connectivity index (χ3v) is 5.61. The maximum Gasteiger partial charge on any atom is 0.323 e. The molecule has 6 nitrogen and oxygen atoms in total. The molecule has 21 heavy (non-hydrogen) atoms. The summed E-state index contributed by atoms with van der Waals surface area (Å²) in [5.74, 6) is 0. The maximum atomic E-state index is 12.4. The lowest BCUT2D eigenvalue weighted by atomic mass is 9.92. The Morgan fingerprint density at radius 3 is 2.62 bits per heavy atom. The molecule has 7 heteroatoms. The van der Waals surface area contributed by atoms with Crippen molar-refractivity contribution in [3.63, 3.8) is 0 Å². The van der Waals surface area contributed by atoms with Crippen molar-refractivity contribution in [2.45, 2.75) is 44.0 Å². The Labute approximate surface area is 123 Å². The van der Waals surface area contributed by atoms with Gasteiger partial charge >= 0.3 is 5.69 Å². The lowest BCUT2D eigenvalue weighted by Gasteiger charge is -2.18. The van der Waals surface area contributed by atoms with Gasteiger partial charge in [-0.15, -0.1) is 0 Å². The van der Waals surface area contributed by atoms with Crippen LogP contribution in [0.4, 0.5) is 0 Å². The first-order valence-electron chi connectivity index (χ1n) is 7.00. The van der Waals surface area contributed by atoms with Crippen LogP contribution in [-0.4, -0.2) is 24.4 Å². The van der Waals surface area contributed by atoms with Crippen LogP contribution in [-0.2, 0) is 10.0 Å². The zero-order chi connectivity index (χ0) is 15.3. The lowest BCUT2D eigenvalue weighted by Crippen LogP contribution is -2.33. The van der Waals surface area contributed by atoms with Crippen LogP contribution in [0.1, 0.15) is 33.1 Å². The Bertz CT molecular complexity index is 833. The number of hydrogen-bond acceptors (Lipinski definition) is 3. The van der Waals surface area contributed by atoms with Gasteiger partial charge < -0.3 is 9.97 Å². The number of aromatic nitrogens is 2. The zero-order valence-corrected chi connectivity index (χ0v) is 12.9. The third kappa shape index (κ3) is 2.89. The van der Waals surface area contributed by atoms with Crippen molar-refractivity contribution in [1.82, 2.24) is 14.7 Å². The molecule has 0 amide bonds. The molecule has 3 rings (SSSR count). The topological polar surface area (TPSA) is 94.8 Å². The number of benzene rings is 1. The van der Waals surface area contributed by atoms with Gasteiger partial charge in [-0.2, -0.15) is 0 Å². The minimum atomic E-state index is -3.56. The monoisotopic (exact) mass is 309 g/mol. The molecule has 0 saturated heterocycles. The van der Waals surface area contributed by atoms with E-state index in [-0.39, 0.29) is 22.0 Å². The summed E-state index contributed by atoms with van der Waals surface area (Å²) < 4.78 is 27.6. The van der Waals surface area contributed by atoms with Gasteiger partial charge in [-0.05, 0) is 42.9 Å². The number of hydrogen-bond donors (Lipinski definition) is 3. The zero-order valence-electron chi connectivity index (χ0n) is 12.1. The molecule has 1 aliphatic rings. The van der Waals surface area contributed by atoms with E-state index in [1.54, 1.807) is 6.07 Å². The molecule has 1 atom stereocenters. The highest BCUT2D eigenvalue weighted by atomic mass is 32.2. The van der Waals surface area contributed by atoms with Gasteiger partial charge in [-0.1, -0.05) is 13.8 Å². The Morgan fingerprint density at radius 1 is 1.24 bits per heavy atom. The second-order valence-corrected chi connectivity index (χ2v) is 8.23. The summed E-state index contributed by atoms with van der Waals surface area (Å²) >= 11 is 0. The number of nitrogens with one attached hydrogen (secondary N) is 3. The van der Waals surface area contributed by atoms with Crippen LogP contribution < -0.4 is 10.4 Å². The Kier molecular flexibility index (Phi) is 3.22. The normalized spacial score (nSPS) is 21.9. The quantitative estimate of drug-likeness (QED) is 0.805. The van der Waals surface area contributed by atoms with Gasteiger partial charge in [-0.3, -0.25) is 0 Å². The molecule has 2 aromatic rings. The van der Waals surface area contributed by atoms with Gasteiger partial charge in [0.05, 0.1) is 15.9 Å². The summed E-state index contributed by atoms with van der Waals surface area (Å²) in [4.78, 5) is 16.6. The molecular weight excluding hydrogens is 290 g/mol. The third-order valence-electron chi connectivity index (χ3n) is 4.09. The van der Waals surface area contributed by atoms with Crippen LogP contribution in [0.2, 0.25) is 0 Å². The van der Waals surface area contributed by atoms with Crippen molar-refractivity contribution in [3.05, 3.63) is 28.7 Å². The molecular formula is C14H19N3O3S. The number of H-pyrrole nitrogens is 2. The summed E-state index contributed by atoms with van der Waals surface area (Å²) in [5.41, 5.74) is 0.934. The minimum Gasteiger partial charge on any atom is -0.306 e. The fraction of sp³-hybridized carbons (Fsp3) is 0.500. The summed E-state index contributed by atoms with van der Waals surface area (Å²) in [6.07, 6.45) is 2.72. The lowest BCUT2D eigenvalue weighted by molar-refractivity contribution is 0.372. The van der Waals surface area contributed by atoms with Crippen LogP contribution >= 0.6 is 0 Å². The second-order valence-electron chi connectivity index (χ2n) is 6.51. The van der Waals surface area contributed by atoms with Crippen molar-refractivity contribution in [2.75, 3.05) is 0 Å². The number of imidazole rings is 1. The van der Waals surface area contributed by atoms with E-state index in [2.05, 4.69) is 28.5 Å². The fourth-order valence-electron chi connectivity index (χ4n) is 3.00. The highest BCUT2D eigenvalue weighted by Crippen LogP contribution is 2.37. The van der Waals surface area contributed by atoms with Crippen molar-refractivity contribution >= 4 is 21.1 Å². The Balaban J connectivity index is 1.87. The van der Waals surface area contributed by atoms with Gasteiger partial charge in [0.25, 0.3) is 0 Å². The minimum absolute atomic E-state index is 0.0222. The van der Waals surface area contributed by atoms with Gasteiger partial charge in [0, 0.05) is 6.04 Å². The van der Waals surface area contributed by atoms with E-state index in [9.17, 15) is 13.2 Å². The average Bonchev–Trinajstić information content (AvgIpc) is 2.89. The molecule has 0 bridgehead atoms. The predicted octanol–water partition coefficient (Wildman–Crippen LogP) is 1.71. The molecule has 0 spiro atoms. The number of aromatic amines is 2. The first-order valence-corrected chi connectivity index (χ1v) is 8.48. The van der Waals surface area contributed by atoms with E-state index < -0.39 is 10.0 Å². The summed E-state index contributed by atoms with van der Waals surface area (Å²) in [7, 11) is -3.56. The molecule has 1 fully saturated rings. The predicted molar refractivity (Wildman–Crippen MR) is 80.7 cm³/mol. The summed E-state index contributed by atoms with van der Waals surface area (Å²) in [6, 6.07) is 4.57. The number of sulfonamides is 1. The molecule has 1 aromatic heterocycles. The van der Waals surface area contributed by atoms with Crippen molar-refractivity contribution in [1.29, 1.82) is 0 Å². The van der Waals surface area contributed by atoms with E-state index in [0.717, 1.165) is 19.3 Å². The molecule has 1 heterocycles. The van der Waals surface area contributed by atoms with E-state index in [1.807, 2.05) is 0 Å². The summed E-state index contributed by atoms with van der Waals surface area (Å²) in [6.45, 7) is 4.30.